The van der Waals surface area contributed by atoms with E-state index in [0.29, 0.717) is 25.5 Å². The first-order valence-corrected chi connectivity index (χ1v) is 9.44. The molecule has 0 atom stereocenters. The molecular formula is C20H26BrIN4O2. The first-order chi connectivity index (χ1) is 13.0. The monoisotopic (exact) mass is 560 g/mol. The van der Waals surface area contributed by atoms with Gasteiger partial charge in [0.2, 0.25) is 5.91 Å². The molecule has 0 aliphatic heterocycles. The molecule has 28 heavy (non-hydrogen) atoms. The Balaban J connectivity index is 0.00000392. The van der Waals surface area contributed by atoms with Crippen molar-refractivity contribution >= 4 is 57.5 Å². The Morgan fingerprint density at radius 2 is 1.86 bits per heavy atom. The van der Waals surface area contributed by atoms with Crippen molar-refractivity contribution in [2.24, 2.45) is 4.99 Å². The minimum atomic E-state index is -0.0469. The Bertz CT molecular complexity index is 797. The molecule has 8 heteroatoms. The summed E-state index contributed by atoms with van der Waals surface area (Å²) >= 11 is 3.42. The number of aryl methyl sites for hydroxylation is 1. The number of aliphatic imine (C=N–C) groups is 1. The maximum absolute atomic E-state index is 12.1. The second kappa shape index (κ2) is 12.6. The lowest BCUT2D eigenvalue weighted by atomic mass is 10.2. The molecule has 0 unspecified atom stereocenters. The Morgan fingerprint density at radius 3 is 2.50 bits per heavy atom. The summed E-state index contributed by atoms with van der Waals surface area (Å²) in [6.07, 6.45) is 0.342. The molecule has 0 radical (unpaired) electrons. The van der Waals surface area contributed by atoms with Crippen molar-refractivity contribution < 1.29 is 9.53 Å². The number of halogens is 2. The lowest BCUT2D eigenvalue weighted by molar-refractivity contribution is -0.116. The van der Waals surface area contributed by atoms with E-state index >= 15 is 0 Å². The van der Waals surface area contributed by atoms with Gasteiger partial charge < -0.3 is 20.7 Å². The largest absolute Gasteiger partial charge is 0.497 e. The molecule has 2 aromatic rings. The van der Waals surface area contributed by atoms with E-state index in [1.807, 2.05) is 49.4 Å². The van der Waals surface area contributed by atoms with E-state index in [4.69, 9.17) is 4.74 Å². The standard InChI is InChI=1S/C20H25BrN4O2.HI/c1-14-4-7-16(21)12-18(14)25-19(26)10-11-23-20(22-2)24-13-15-5-8-17(27-3)9-6-15;/h4-9,12H,10-11,13H2,1-3H3,(H,25,26)(H2,22,23,24);1H. The van der Waals surface area contributed by atoms with Gasteiger partial charge in [0.25, 0.3) is 0 Å². The van der Waals surface area contributed by atoms with Gasteiger partial charge in [-0.05, 0) is 42.3 Å². The van der Waals surface area contributed by atoms with E-state index in [9.17, 15) is 4.79 Å². The highest BCUT2D eigenvalue weighted by molar-refractivity contribution is 14.0. The summed E-state index contributed by atoms with van der Waals surface area (Å²) in [5.74, 6) is 1.43. The van der Waals surface area contributed by atoms with Crippen molar-refractivity contribution in [2.45, 2.75) is 19.9 Å². The van der Waals surface area contributed by atoms with Gasteiger partial charge >= 0.3 is 0 Å². The highest BCUT2D eigenvalue weighted by Crippen LogP contribution is 2.20. The van der Waals surface area contributed by atoms with Crippen molar-refractivity contribution in [3.8, 4) is 5.75 Å². The summed E-state index contributed by atoms with van der Waals surface area (Å²) in [4.78, 5) is 16.3. The van der Waals surface area contributed by atoms with Crippen molar-refractivity contribution in [2.75, 3.05) is 26.0 Å². The van der Waals surface area contributed by atoms with Crippen LogP contribution in [0.5, 0.6) is 5.75 Å². The number of carbonyl (C=O) groups is 1. The first kappa shape index (κ1) is 24.2. The quantitative estimate of drug-likeness (QED) is 0.271. The van der Waals surface area contributed by atoms with Gasteiger partial charge in [-0.25, -0.2) is 0 Å². The van der Waals surface area contributed by atoms with Crippen LogP contribution in [0.2, 0.25) is 0 Å². The van der Waals surface area contributed by atoms with Gasteiger partial charge in [-0.2, -0.15) is 0 Å². The van der Waals surface area contributed by atoms with E-state index in [0.717, 1.165) is 27.0 Å². The molecule has 0 saturated carbocycles. The predicted molar refractivity (Wildman–Crippen MR) is 129 cm³/mol. The molecule has 0 fully saturated rings. The summed E-state index contributed by atoms with van der Waals surface area (Å²) in [5.41, 5.74) is 2.95. The summed E-state index contributed by atoms with van der Waals surface area (Å²) in [6, 6.07) is 13.6. The second-order valence-electron chi connectivity index (χ2n) is 5.96. The molecule has 0 aromatic heterocycles. The van der Waals surface area contributed by atoms with Gasteiger partial charge in [0.1, 0.15) is 5.75 Å². The molecular weight excluding hydrogens is 535 g/mol. The number of nitrogens with one attached hydrogen (secondary N) is 3. The number of guanidine groups is 1. The highest BCUT2D eigenvalue weighted by atomic mass is 127. The number of methoxy groups -OCH3 is 1. The normalized spacial score (nSPS) is 10.6. The predicted octanol–water partition coefficient (Wildman–Crippen LogP) is 4.08. The zero-order chi connectivity index (χ0) is 19.6. The summed E-state index contributed by atoms with van der Waals surface area (Å²) in [5, 5.41) is 9.30. The third-order valence-corrected chi connectivity index (χ3v) is 4.45. The van der Waals surface area contributed by atoms with Gasteiger partial charge in [-0.15, -0.1) is 24.0 Å². The number of anilines is 1. The molecule has 0 bridgehead atoms. The number of rotatable bonds is 7. The van der Waals surface area contributed by atoms with Crippen LogP contribution in [0, 0.1) is 6.92 Å². The topological polar surface area (TPSA) is 74.8 Å². The molecule has 152 valence electrons. The Kier molecular flexibility index (Phi) is 10.9. The molecule has 3 N–H and O–H groups in total. The summed E-state index contributed by atoms with van der Waals surface area (Å²) in [6.45, 7) is 3.08. The number of carbonyl (C=O) groups excluding carboxylic acids is 1. The summed E-state index contributed by atoms with van der Waals surface area (Å²) < 4.78 is 6.09. The first-order valence-electron chi connectivity index (χ1n) is 8.65. The third kappa shape index (κ3) is 8.05. The van der Waals surface area contributed by atoms with Crippen LogP contribution >= 0.6 is 39.9 Å². The average molecular weight is 561 g/mol. The third-order valence-electron chi connectivity index (χ3n) is 3.96. The molecule has 0 aliphatic rings. The van der Waals surface area contributed by atoms with E-state index in [1.165, 1.54) is 0 Å². The van der Waals surface area contributed by atoms with Gasteiger partial charge in [-0.3, -0.25) is 9.79 Å². The minimum absolute atomic E-state index is 0. The Labute approximate surface area is 191 Å². The fourth-order valence-electron chi connectivity index (χ4n) is 2.39. The smallest absolute Gasteiger partial charge is 0.226 e. The number of benzene rings is 2. The van der Waals surface area contributed by atoms with E-state index in [1.54, 1.807) is 14.2 Å². The van der Waals surface area contributed by atoms with Crippen LogP contribution in [0.4, 0.5) is 5.69 Å². The molecule has 0 spiro atoms. The van der Waals surface area contributed by atoms with Crippen molar-refractivity contribution in [1.82, 2.24) is 10.6 Å². The number of amides is 1. The van der Waals surface area contributed by atoms with Gasteiger partial charge in [0.05, 0.1) is 7.11 Å². The Morgan fingerprint density at radius 1 is 1.14 bits per heavy atom. The fourth-order valence-corrected chi connectivity index (χ4v) is 2.75. The van der Waals surface area contributed by atoms with Crippen LogP contribution < -0.4 is 20.7 Å². The molecule has 0 aliphatic carbocycles. The van der Waals surface area contributed by atoms with Crippen molar-refractivity contribution in [3.63, 3.8) is 0 Å². The molecule has 1 amide bonds. The molecule has 6 nitrogen and oxygen atoms in total. The van der Waals surface area contributed by atoms with Crippen LogP contribution in [0.15, 0.2) is 51.9 Å². The van der Waals surface area contributed by atoms with E-state index in [2.05, 4.69) is 36.9 Å². The van der Waals surface area contributed by atoms with E-state index < -0.39 is 0 Å². The molecule has 0 heterocycles. The highest BCUT2D eigenvalue weighted by Gasteiger charge is 2.06. The van der Waals surface area contributed by atoms with Crippen LogP contribution in [-0.4, -0.2) is 32.6 Å². The van der Waals surface area contributed by atoms with Gasteiger partial charge in [-0.1, -0.05) is 34.1 Å². The van der Waals surface area contributed by atoms with Crippen LogP contribution in [-0.2, 0) is 11.3 Å². The van der Waals surface area contributed by atoms with Crippen molar-refractivity contribution in [1.29, 1.82) is 0 Å². The number of nitrogens with zero attached hydrogens (tertiary/aromatic N) is 1. The maximum Gasteiger partial charge on any atom is 0.226 e. The fraction of sp³-hybridized carbons (Fsp3) is 0.300. The SMILES string of the molecule is CN=C(NCCC(=O)Nc1cc(Br)ccc1C)NCc1ccc(OC)cc1.I. The van der Waals surface area contributed by atoms with Crippen LogP contribution in [0.25, 0.3) is 0 Å². The van der Waals surface area contributed by atoms with Gasteiger partial charge in [0, 0.05) is 36.7 Å². The summed E-state index contributed by atoms with van der Waals surface area (Å²) in [7, 11) is 3.35. The molecule has 0 saturated heterocycles. The Hall–Kier alpha value is -1.81. The second-order valence-corrected chi connectivity index (χ2v) is 6.87. The molecule has 2 rings (SSSR count). The lowest BCUT2D eigenvalue weighted by Gasteiger charge is -2.13. The average Bonchev–Trinajstić information content (AvgIpc) is 2.67. The number of hydrogen-bond acceptors (Lipinski definition) is 3. The van der Waals surface area contributed by atoms with Crippen LogP contribution in [0.3, 0.4) is 0 Å². The van der Waals surface area contributed by atoms with Crippen LogP contribution in [0.1, 0.15) is 17.5 Å². The number of hydrogen-bond donors (Lipinski definition) is 3. The zero-order valence-corrected chi connectivity index (χ0v) is 20.1. The van der Waals surface area contributed by atoms with Crippen molar-refractivity contribution in [3.05, 3.63) is 58.1 Å². The van der Waals surface area contributed by atoms with Gasteiger partial charge in [0.15, 0.2) is 5.96 Å². The lowest BCUT2D eigenvalue weighted by Crippen LogP contribution is -2.38. The number of ether oxygens (including phenoxy) is 1. The maximum atomic E-state index is 12.1. The zero-order valence-electron chi connectivity index (χ0n) is 16.2. The van der Waals surface area contributed by atoms with E-state index in [-0.39, 0.29) is 29.9 Å². The molecule has 2 aromatic carbocycles. The minimum Gasteiger partial charge on any atom is -0.497 e.